The third-order valence-electron chi connectivity index (χ3n) is 4.82. The zero-order valence-corrected chi connectivity index (χ0v) is 18.9. The summed E-state index contributed by atoms with van der Waals surface area (Å²) in [6, 6.07) is 13.5. The number of pyridine rings is 1. The lowest BCUT2D eigenvalue weighted by atomic mass is 10.0. The zero-order valence-electron chi connectivity index (χ0n) is 17.3. The van der Waals surface area contributed by atoms with Gasteiger partial charge in [0.15, 0.2) is 11.6 Å². The van der Waals surface area contributed by atoms with Crippen LogP contribution in [-0.4, -0.2) is 29.7 Å². The van der Waals surface area contributed by atoms with Crippen molar-refractivity contribution < 1.29 is 19.4 Å². The van der Waals surface area contributed by atoms with E-state index >= 15 is 0 Å². The zero-order chi connectivity index (χ0) is 23.1. The summed E-state index contributed by atoms with van der Waals surface area (Å²) in [4.78, 5) is 16.9. The minimum absolute atomic E-state index is 0.0639. The molecule has 3 aromatic rings. The molecule has 32 heavy (non-hydrogen) atoms. The molecule has 1 heterocycles. The number of amides is 1. The van der Waals surface area contributed by atoms with Crippen LogP contribution in [0.1, 0.15) is 33.9 Å². The maximum atomic E-state index is 12.9. The number of aromatic nitrogens is 1. The number of aliphatic hydroxyl groups is 1. The normalized spacial score (nSPS) is 11.6. The number of nitrogens with zero attached hydrogens (tertiary/aromatic N) is 1. The van der Waals surface area contributed by atoms with Crippen LogP contribution < -0.4 is 20.5 Å². The van der Waals surface area contributed by atoms with Crippen LogP contribution in [0.3, 0.4) is 0 Å². The molecule has 1 atom stereocenters. The molecule has 0 aliphatic rings. The number of aliphatic hydroxyl groups excluding tert-OH is 1. The Morgan fingerprint density at radius 3 is 2.50 bits per heavy atom. The first-order valence-electron chi connectivity index (χ1n) is 9.79. The molecule has 2 aromatic carbocycles. The Balaban J connectivity index is 1.75. The summed E-state index contributed by atoms with van der Waals surface area (Å²) in [7, 11) is 1.58. The molecular formula is C23H23Cl2N3O4. The number of halogens is 2. The average molecular weight is 476 g/mol. The van der Waals surface area contributed by atoms with E-state index in [2.05, 4.69) is 10.3 Å². The SMILES string of the molecule is COc1ccc(C(CCO)NC(=O)c2cnc(N)c(OCc3c(Cl)cccc3Cl)c2)cc1. The average Bonchev–Trinajstić information content (AvgIpc) is 2.79. The van der Waals surface area contributed by atoms with Gasteiger partial charge in [0.05, 0.1) is 18.7 Å². The quantitative estimate of drug-likeness (QED) is 0.423. The Bertz CT molecular complexity index is 1060. The van der Waals surface area contributed by atoms with E-state index in [0.29, 0.717) is 27.8 Å². The van der Waals surface area contributed by atoms with Crippen LogP contribution in [0, 0.1) is 0 Å². The Morgan fingerprint density at radius 2 is 1.88 bits per heavy atom. The molecule has 4 N–H and O–H groups in total. The second-order valence-corrected chi connectivity index (χ2v) is 7.72. The van der Waals surface area contributed by atoms with E-state index in [1.807, 2.05) is 12.1 Å². The van der Waals surface area contributed by atoms with Crippen molar-refractivity contribution in [2.75, 3.05) is 19.5 Å². The minimum Gasteiger partial charge on any atom is -0.497 e. The Hall–Kier alpha value is -3.00. The maximum absolute atomic E-state index is 12.9. The van der Waals surface area contributed by atoms with Gasteiger partial charge < -0.3 is 25.6 Å². The molecular weight excluding hydrogens is 453 g/mol. The summed E-state index contributed by atoms with van der Waals surface area (Å²) >= 11 is 12.4. The molecule has 7 nitrogen and oxygen atoms in total. The number of benzene rings is 2. The maximum Gasteiger partial charge on any atom is 0.253 e. The number of hydrogen-bond acceptors (Lipinski definition) is 6. The van der Waals surface area contributed by atoms with Crippen molar-refractivity contribution >= 4 is 34.9 Å². The number of hydrogen-bond donors (Lipinski definition) is 3. The fraction of sp³-hybridized carbons (Fsp3) is 0.217. The van der Waals surface area contributed by atoms with Gasteiger partial charge in [-0.3, -0.25) is 4.79 Å². The largest absolute Gasteiger partial charge is 0.497 e. The predicted molar refractivity (Wildman–Crippen MR) is 124 cm³/mol. The second kappa shape index (κ2) is 11.0. The Kier molecular flexibility index (Phi) is 8.16. The number of nitrogens with two attached hydrogens (primary N) is 1. The molecule has 9 heteroatoms. The van der Waals surface area contributed by atoms with Crippen LogP contribution in [0.2, 0.25) is 10.0 Å². The molecule has 0 aliphatic carbocycles. The molecule has 0 radical (unpaired) electrons. The van der Waals surface area contributed by atoms with Crippen molar-refractivity contribution in [3.8, 4) is 11.5 Å². The number of rotatable bonds is 9. The summed E-state index contributed by atoms with van der Waals surface area (Å²) in [5, 5.41) is 13.3. The van der Waals surface area contributed by atoms with Crippen molar-refractivity contribution in [1.82, 2.24) is 10.3 Å². The van der Waals surface area contributed by atoms with Gasteiger partial charge >= 0.3 is 0 Å². The van der Waals surface area contributed by atoms with Gasteiger partial charge in [-0.1, -0.05) is 41.4 Å². The van der Waals surface area contributed by atoms with Crippen LogP contribution in [0.4, 0.5) is 5.82 Å². The van der Waals surface area contributed by atoms with Crippen molar-refractivity contribution in [2.24, 2.45) is 0 Å². The van der Waals surface area contributed by atoms with Crippen molar-refractivity contribution in [2.45, 2.75) is 19.1 Å². The predicted octanol–water partition coefficient (Wildman–Crippen LogP) is 4.41. The van der Waals surface area contributed by atoms with Gasteiger partial charge in [-0.25, -0.2) is 4.98 Å². The second-order valence-electron chi connectivity index (χ2n) is 6.91. The van der Waals surface area contributed by atoms with Crippen LogP contribution in [-0.2, 0) is 6.61 Å². The number of ether oxygens (including phenoxy) is 2. The topological polar surface area (TPSA) is 107 Å². The lowest BCUT2D eigenvalue weighted by molar-refractivity contribution is 0.0929. The summed E-state index contributed by atoms with van der Waals surface area (Å²) in [5.74, 6) is 0.682. The standard InChI is InChI=1S/C23H23Cl2N3O4/c1-31-16-7-5-14(6-8-16)20(9-10-29)28-23(30)15-11-21(22(26)27-12-15)32-13-17-18(24)3-2-4-19(17)25/h2-8,11-12,20,29H,9-10,13H2,1H3,(H2,26,27)(H,28,30). The molecule has 168 valence electrons. The van der Waals surface area contributed by atoms with E-state index in [1.165, 1.54) is 12.3 Å². The highest BCUT2D eigenvalue weighted by atomic mass is 35.5. The van der Waals surface area contributed by atoms with Gasteiger partial charge in [-0.2, -0.15) is 0 Å². The van der Waals surface area contributed by atoms with E-state index in [4.69, 9.17) is 38.4 Å². The van der Waals surface area contributed by atoms with Gasteiger partial charge in [-0.05, 0) is 42.3 Å². The molecule has 3 rings (SSSR count). The lowest BCUT2D eigenvalue weighted by Crippen LogP contribution is -2.29. The molecule has 0 spiro atoms. The lowest BCUT2D eigenvalue weighted by Gasteiger charge is -2.19. The van der Waals surface area contributed by atoms with E-state index in [-0.39, 0.29) is 36.3 Å². The number of nitrogen functional groups attached to an aromatic ring is 1. The third kappa shape index (κ3) is 5.82. The summed E-state index contributed by atoms with van der Waals surface area (Å²) in [6.07, 6.45) is 1.71. The molecule has 1 amide bonds. The Morgan fingerprint density at radius 1 is 1.19 bits per heavy atom. The minimum atomic E-state index is -0.401. The fourth-order valence-corrected chi connectivity index (χ4v) is 3.55. The number of nitrogens with one attached hydrogen (secondary N) is 1. The highest BCUT2D eigenvalue weighted by Crippen LogP contribution is 2.28. The number of carbonyl (C=O) groups excluding carboxylic acids is 1. The first-order chi connectivity index (χ1) is 15.4. The molecule has 0 aliphatic heterocycles. The third-order valence-corrected chi connectivity index (χ3v) is 5.53. The molecule has 1 aromatic heterocycles. The Labute approximate surface area is 196 Å². The molecule has 0 bridgehead atoms. The van der Waals surface area contributed by atoms with Crippen molar-refractivity contribution in [3.05, 3.63) is 81.5 Å². The summed E-state index contributed by atoms with van der Waals surface area (Å²) < 4.78 is 10.9. The fourth-order valence-electron chi connectivity index (χ4n) is 3.04. The number of carbonyl (C=O) groups is 1. The number of anilines is 1. The monoisotopic (exact) mass is 475 g/mol. The molecule has 1 unspecified atom stereocenters. The molecule has 0 saturated carbocycles. The smallest absolute Gasteiger partial charge is 0.253 e. The van der Waals surface area contributed by atoms with Crippen LogP contribution in [0.15, 0.2) is 54.7 Å². The van der Waals surface area contributed by atoms with E-state index in [0.717, 1.165) is 5.56 Å². The van der Waals surface area contributed by atoms with Crippen LogP contribution in [0.5, 0.6) is 11.5 Å². The molecule has 0 fully saturated rings. The van der Waals surface area contributed by atoms with E-state index < -0.39 is 6.04 Å². The van der Waals surface area contributed by atoms with Gasteiger partial charge in [0, 0.05) is 28.4 Å². The van der Waals surface area contributed by atoms with Gasteiger partial charge in [0.2, 0.25) is 0 Å². The van der Waals surface area contributed by atoms with E-state index in [1.54, 1.807) is 37.4 Å². The summed E-state index contributed by atoms with van der Waals surface area (Å²) in [5.41, 5.74) is 7.62. The van der Waals surface area contributed by atoms with Gasteiger partial charge in [0.1, 0.15) is 12.4 Å². The van der Waals surface area contributed by atoms with Crippen LogP contribution >= 0.6 is 23.2 Å². The first kappa shape index (κ1) is 23.7. The molecule has 0 saturated heterocycles. The van der Waals surface area contributed by atoms with Gasteiger partial charge in [-0.15, -0.1) is 0 Å². The highest BCUT2D eigenvalue weighted by Gasteiger charge is 2.18. The van der Waals surface area contributed by atoms with Crippen molar-refractivity contribution in [3.63, 3.8) is 0 Å². The van der Waals surface area contributed by atoms with E-state index in [9.17, 15) is 9.90 Å². The first-order valence-corrected chi connectivity index (χ1v) is 10.6. The van der Waals surface area contributed by atoms with Gasteiger partial charge in [0.25, 0.3) is 5.91 Å². The number of methoxy groups -OCH3 is 1. The van der Waals surface area contributed by atoms with Crippen molar-refractivity contribution in [1.29, 1.82) is 0 Å². The van der Waals surface area contributed by atoms with Crippen LogP contribution in [0.25, 0.3) is 0 Å². The summed E-state index contributed by atoms with van der Waals surface area (Å²) in [6.45, 7) is -0.0294. The highest BCUT2D eigenvalue weighted by molar-refractivity contribution is 6.35.